The van der Waals surface area contributed by atoms with Crippen molar-refractivity contribution < 1.29 is 19.8 Å². The van der Waals surface area contributed by atoms with E-state index in [4.69, 9.17) is 0 Å². The number of rotatable bonds is 5. The van der Waals surface area contributed by atoms with Crippen molar-refractivity contribution in [3.05, 3.63) is 70.3 Å². The number of fused-ring (bicyclic) bond motifs is 4. The smallest absolute Gasteiger partial charge is 0.165 e. The summed E-state index contributed by atoms with van der Waals surface area (Å²) in [6.07, 6.45) is 13.3. The van der Waals surface area contributed by atoms with Gasteiger partial charge in [-0.15, -0.1) is 0 Å². The molecule has 35 heavy (non-hydrogen) atoms. The van der Waals surface area contributed by atoms with E-state index in [1.54, 1.807) is 6.08 Å². The minimum Gasteiger partial charge on any atom is -0.392 e. The maximum Gasteiger partial charge on any atom is 0.165 e. The van der Waals surface area contributed by atoms with Crippen LogP contribution in [0.2, 0.25) is 0 Å². The molecule has 6 rings (SSSR count). The second-order valence-corrected chi connectivity index (χ2v) is 11.8. The number of carbonyl (C=O) groups excluding carboxylic acids is 2. The molecule has 3 fully saturated rings. The van der Waals surface area contributed by atoms with E-state index >= 15 is 0 Å². The van der Waals surface area contributed by atoms with Crippen molar-refractivity contribution in [2.45, 2.75) is 76.2 Å². The number of Topliss-reactive ketones (excluding diaryl/α,β-unsaturated/α-hetero) is 1. The fraction of sp³-hybridized carbons (Fsp3) is 0.548. The number of allylic oxidation sites excluding steroid dienone is 4. The zero-order valence-electron chi connectivity index (χ0n) is 20.6. The molecule has 5 aliphatic rings. The van der Waals surface area contributed by atoms with E-state index < -0.39 is 5.60 Å². The summed E-state index contributed by atoms with van der Waals surface area (Å²) in [6, 6.07) is 8.28. The molecule has 0 aromatic heterocycles. The highest BCUT2D eigenvalue weighted by molar-refractivity contribution is 5.99. The number of aliphatic hydroxyl groups excluding tert-OH is 1. The number of benzene rings is 1. The lowest BCUT2D eigenvalue weighted by Crippen LogP contribution is -2.50. The van der Waals surface area contributed by atoms with Gasteiger partial charge >= 0.3 is 0 Å². The van der Waals surface area contributed by atoms with Crippen LogP contribution in [0, 0.1) is 23.2 Å². The second-order valence-electron chi connectivity index (χ2n) is 11.8. The van der Waals surface area contributed by atoms with Crippen molar-refractivity contribution in [3.8, 4) is 0 Å². The fourth-order valence-corrected chi connectivity index (χ4v) is 7.98. The third kappa shape index (κ3) is 3.64. The molecule has 3 saturated carbocycles. The minimum absolute atomic E-state index is 0.0656. The number of ketones is 2. The van der Waals surface area contributed by atoms with Crippen LogP contribution in [0.15, 0.2) is 59.2 Å². The molecule has 1 aromatic rings. The van der Waals surface area contributed by atoms with Crippen molar-refractivity contribution >= 4 is 11.6 Å². The summed E-state index contributed by atoms with van der Waals surface area (Å²) in [5, 5.41) is 21.3. The molecule has 4 heteroatoms. The van der Waals surface area contributed by atoms with Gasteiger partial charge in [-0.05, 0) is 86.0 Å². The van der Waals surface area contributed by atoms with Crippen LogP contribution in [0.1, 0.15) is 86.6 Å². The molecule has 0 aliphatic heterocycles. The van der Waals surface area contributed by atoms with Gasteiger partial charge in [-0.1, -0.05) is 48.9 Å². The Morgan fingerprint density at radius 3 is 2.57 bits per heavy atom. The van der Waals surface area contributed by atoms with Crippen LogP contribution in [0.25, 0.3) is 0 Å². The second kappa shape index (κ2) is 8.38. The Morgan fingerprint density at radius 1 is 1.09 bits per heavy atom. The molecule has 2 N–H and O–H groups in total. The Morgan fingerprint density at radius 2 is 1.86 bits per heavy atom. The maximum absolute atomic E-state index is 12.6. The quantitative estimate of drug-likeness (QED) is 0.441. The topological polar surface area (TPSA) is 74.6 Å². The highest BCUT2D eigenvalue weighted by Gasteiger charge is 2.62. The Labute approximate surface area is 207 Å². The van der Waals surface area contributed by atoms with Gasteiger partial charge in [0, 0.05) is 29.2 Å². The molecular weight excluding hydrogens is 436 g/mol. The van der Waals surface area contributed by atoms with Gasteiger partial charge in [0.25, 0.3) is 0 Å². The molecule has 5 atom stereocenters. The minimum atomic E-state index is -0.935. The van der Waals surface area contributed by atoms with E-state index in [0.717, 1.165) is 50.5 Å². The van der Waals surface area contributed by atoms with Crippen LogP contribution in [0.4, 0.5) is 0 Å². The molecule has 0 radical (unpaired) electrons. The first-order valence-corrected chi connectivity index (χ1v) is 13.5. The van der Waals surface area contributed by atoms with E-state index in [1.807, 2.05) is 24.3 Å². The SMILES string of the molecule is C[C@]12C[C@H](c3ccc(C(=O)C4CC4)cc3)C3=C4CCC(=O)C=C4CC[C@H]3[C@@H]1CC[C@@]2(O)/C=C\CO. The van der Waals surface area contributed by atoms with E-state index in [2.05, 4.69) is 19.1 Å². The predicted molar refractivity (Wildman–Crippen MR) is 135 cm³/mol. The van der Waals surface area contributed by atoms with Crippen molar-refractivity contribution in [1.82, 2.24) is 0 Å². The fourth-order valence-electron chi connectivity index (χ4n) is 7.98. The van der Waals surface area contributed by atoms with E-state index in [0.29, 0.717) is 24.7 Å². The van der Waals surface area contributed by atoms with Crippen LogP contribution in [0.5, 0.6) is 0 Å². The van der Waals surface area contributed by atoms with Crippen molar-refractivity contribution in [3.63, 3.8) is 0 Å². The van der Waals surface area contributed by atoms with Gasteiger partial charge in [0.05, 0.1) is 12.2 Å². The summed E-state index contributed by atoms with van der Waals surface area (Å²) in [5.41, 5.74) is 4.91. The summed E-state index contributed by atoms with van der Waals surface area (Å²) in [5.74, 6) is 1.65. The molecule has 1 aromatic carbocycles. The third-order valence-electron chi connectivity index (χ3n) is 9.99. The van der Waals surface area contributed by atoms with E-state index in [-0.39, 0.29) is 35.4 Å². The molecule has 184 valence electrons. The Kier molecular flexibility index (Phi) is 5.54. The normalized spacial score (nSPS) is 36.6. The first kappa shape index (κ1) is 23.1. The lowest BCUT2D eigenvalue weighted by Gasteiger charge is -2.54. The van der Waals surface area contributed by atoms with Gasteiger partial charge in [0.1, 0.15) is 0 Å². The van der Waals surface area contributed by atoms with Crippen molar-refractivity contribution in [2.75, 3.05) is 6.61 Å². The van der Waals surface area contributed by atoms with Gasteiger partial charge in [0.15, 0.2) is 11.6 Å². The van der Waals surface area contributed by atoms with Crippen LogP contribution < -0.4 is 0 Å². The van der Waals surface area contributed by atoms with Crippen LogP contribution in [0.3, 0.4) is 0 Å². The lowest BCUT2D eigenvalue weighted by molar-refractivity contribution is -0.114. The molecule has 0 saturated heterocycles. The van der Waals surface area contributed by atoms with Crippen LogP contribution in [-0.4, -0.2) is 34.0 Å². The number of hydrogen-bond acceptors (Lipinski definition) is 4. The molecule has 5 aliphatic carbocycles. The summed E-state index contributed by atoms with van der Waals surface area (Å²) >= 11 is 0. The molecule has 0 amide bonds. The lowest BCUT2D eigenvalue weighted by atomic mass is 9.51. The van der Waals surface area contributed by atoms with E-state index in [9.17, 15) is 19.8 Å². The molecule has 0 spiro atoms. The number of carbonyl (C=O) groups is 2. The third-order valence-corrected chi connectivity index (χ3v) is 9.99. The van der Waals surface area contributed by atoms with Crippen LogP contribution in [-0.2, 0) is 4.79 Å². The van der Waals surface area contributed by atoms with Gasteiger partial charge in [-0.25, -0.2) is 0 Å². The van der Waals surface area contributed by atoms with Gasteiger partial charge in [-0.3, -0.25) is 9.59 Å². The summed E-state index contributed by atoms with van der Waals surface area (Å²) in [4.78, 5) is 24.8. The van der Waals surface area contributed by atoms with Gasteiger partial charge in [0.2, 0.25) is 0 Å². The molecule has 4 nitrogen and oxygen atoms in total. The first-order valence-electron chi connectivity index (χ1n) is 13.5. The summed E-state index contributed by atoms with van der Waals surface area (Å²) in [6.45, 7) is 2.19. The molecule has 0 heterocycles. The first-order chi connectivity index (χ1) is 16.8. The van der Waals surface area contributed by atoms with Crippen molar-refractivity contribution in [1.29, 1.82) is 0 Å². The Bertz CT molecular complexity index is 1150. The zero-order valence-corrected chi connectivity index (χ0v) is 20.6. The monoisotopic (exact) mass is 472 g/mol. The van der Waals surface area contributed by atoms with E-state index in [1.165, 1.54) is 22.3 Å². The number of hydrogen-bond donors (Lipinski definition) is 2. The van der Waals surface area contributed by atoms with Gasteiger partial charge in [-0.2, -0.15) is 0 Å². The molecule has 0 unspecified atom stereocenters. The van der Waals surface area contributed by atoms with Crippen LogP contribution >= 0.6 is 0 Å². The standard InChI is InChI=1S/C31H36O4/c1-30-18-26(19-3-5-20(6-4-19)29(34)21-7-8-21)28-24-12-10-23(33)17-22(24)9-11-25(28)27(30)13-15-31(30,35)14-2-16-32/h2-6,14,17,21,25-27,32,35H,7-13,15-16,18H2,1H3/b14-2-/t25-,26+,27-,30-,31-/m0/s1. The molecule has 0 bridgehead atoms. The predicted octanol–water partition coefficient (Wildman–Crippen LogP) is 5.46. The Balaban J connectivity index is 1.45. The zero-order chi connectivity index (χ0) is 24.4. The summed E-state index contributed by atoms with van der Waals surface area (Å²) in [7, 11) is 0. The highest BCUT2D eigenvalue weighted by atomic mass is 16.3. The summed E-state index contributed by atoms with van der Waals surface area (Å²) < 4.78 is 0. The van der Waals surface area contributed by atoms with Crippen molar-refractivity contribution in [2.24, 2.45) is 23.2 Å². The Hall–Kier alpha value is -2.30. The number of aliphatic hydroxyl groups is 2. The highest BCUT2D eigenvalue weighted by Crippen LogP contribution is 2.67. The average Bonchev–Trinajstić information content (AvgIpc) is 3.67. The largest absolute Gasteiger partial charge is 0.392 e. The molecular formula is C31H36O4. The van der Waals surface area contributed by atoms with Gasteiger partial charge < -0.3 is 10.2 Å². The maximum atomic E-state index is 12.6. The average molecular weight is 473 g/mol.